The first-order chi connectivity index (χ1) is 7.76. The molecule has 0 radical (unpaired) electrons. The predicted molar refractivity (Wildman–Crippen MR) is 69.2 cm³/mol. The Kier molecular flexibility index (Phi) is 4.00. The molecular weight excluding hydrogens is 266 g/mol. The number of hydrogen-bond acceptors (Lipinski definition) is 2. The molecule has 0 unspecified atom stereocenters. The molecule has 1 aliphatic rings. The summed E-state index contributed by atoms with van der Waals surface area (Å²) in [5.74, 6) is 0. The Hall–Kier alpha value is -0.380. The summed E-state index contributed by atoms with van der Waals surface area (Å²) >= 11 is 3.54. The van der Waals surface area contributed by atoms with E-state index in [0.29, 0.717) is 6.61 Å². The maximum atomic E-state index is 6.06. The van der Waals surface area contributed by atoms with Crippen LogP contribution >= 0.6 is 15.9 Å². The zero-order valence-electron chi connectivity index (χ0n) is 9.42. The number of hydrogen-bond donors (Lipinski definition) is 1. The smallest absolute Gasteiger partial charge is 0.0735 e. The largest absolute Gasteiger partial charge is 0.370 e. The van der Waals surface area contributed by atoms with Gasteiger partial charge >= 0.3 is 0 Å². The van der Waals surface area contributed by atoms with Gasteiger partial charge in [0.1, 0.15) is 0 Å². The summed E-state index contributed by atoms with van der Waals surface area (Å²) in [6.07, 6.45) is 4.58. The van der Waals surface area contributed by atoms with Gasteiger partial charge in [0.25, 0.3) is 0 Å². The molecule has 1 saturated carbocycles. The Bertz CT molecular complexity index is 350. The summed E-state index contributed by atoms with van der Waals surface area (Å²) in [6.45, 7) is 1.40. The van der Waals surface area contributed by atoms with Gasteiger partial charge in [-0.05, 0) is 43.9 Å². The van der Waals surface area contributed by atoms with E-state index in [4.69, 9.17) is 10.5 Å². The van der Waals surface area contributed by atoms with Crippen LogP contribution in [0.2, 0.25) is 0 Å². The fraction of sp³-hybridized carbons (Fsp3) is 0.538. The van der Waals surface area contributed by atoms with Crippen LogP contribution in [0.1, 0.15) is 31.2 Å². The van der Waals surface area contributed by atoms with Gasteiger partial charge in [-0.3, -0.25) is 0 Å². The van der Waals surface area contributed by atoms with Crippen LogP contribution in [0.5, 0.6) is 0 Å². The quantitative estimate of drug-likeness (QED) is 0.901. The third-order valence-corrected chi connectivity index (χ3v) is 4.13. The monoisotopic (exact) mass is 283 g/mol. The Balaban J connectivity index is 1.93. The first-order valence-corrected chi connectivity index (χ1v) is 6.62. The Labute approximate surface area is 105 Å². The molecule has 0 heterocycles. The molecule has 1 aromatic carbocycles. The van der Waals surface area contributed by atoms with E-state index in [2.05, 4.69) is 28.1 Å². The Morgan fingerprint density at radius 2 is 2.06 bits per heavy atom. The van der Waals surface area contributed by atoms with Crippen molar-refractivity contribution in [3.8, 4) is 0 Å². The molecule has 1 aliphatic carbocycles. The van der Waals surface area contributed by atoms with Gasteiger partial charge in [-0.2, -0.15) is 0 Å². The molecule has 0 bridgehead atoms. The Morgan fingerprint density at radius 3 is 2.62 bits per heavy atom. The van der Waals surface area contributed by atoms with Crippen LogP contribution in [0.3, 0.4) is 0 Å². The van der Waals surface area contributed by atoms with Crippen molar-refractivity contribution < 1.29 is 4.74 Å². The standard InChI is InChI=1S/C13H18BrNO/c14-12-5-2-1-4-11(12)10-16-13(8-9-15)6-3-7-13/h1-2,4-5H,3,6-10,15H2. The molecule has 2 nitrogen and oxygen atoms in total. The molecule has 88 valence electrons. The van der Waals surface area contributed by atoms with Crippen molar-refractivity contribution in [1.82, 2.24) is 0 Å². The topological polar surface area (TPSA) is 35.2 Å². The van der Waals surface area contributed by atoms with Crippen molar-refractivity contribution in [2.45, 2.75) is 37.9 Å². The highest BCUT2D eigenvalue weighted by molar-refractivity contribution is 9.10. The fourth-order valence-corrected chi connectivity index (χ4v) is 2.55. The van der Waals surface area contributed by atoms with Crippen LogP contribution in [-0.4, -0.2) is 12.1 Å². The van der Waals surface area contributed by atoms with Gasteiger partial charge in [0.2, 0.25) is 0 Å². The fourth-order valence-electron chi connectivity index (χ4n) is 2.15. The van der Waals surface area contributed by atoms with Crippen molar-refractivity contribution in [2.24, 2.45) is 5.73 Å². The summed E-state index contributed by atoms with van der Waals surface area (Å²) in [5, 5.41) is 0. The van der Waals surface area contributed by atoms with Crippen molar-refractivity contribution in [1.29, 1.82) is 0 Å². The molecule has 16 heavy (non-hydrogen) atoms. The maximum absolute atomic E-state index is 6.06. The molecule has 2 N–H and O–H groups in total. The second kappa shape index (κ2) is 5.30. The van der Waals surface area contributed by atoms with Crippen LogP contribution in [0.4, 0.5) is 0 Å². The van der Waals surface area contributed by atoms with Gasteiger partial charge in [-0.15, -0.1) is 0 Å². The molecule has 2 rings (SSSR count). The minimum Gasteiger partial charge on any atom is -0.370 e. The van der Waals surface area contributed by atoms with Gasteiger partial charge in [0, 0.05) is 4.47 Å². The average molecular weight is 284 g/mol. The molecule has 3 heteroatoms. The molecule has 0 aliphatic heterocycles. The number of benzene rings is 1. The van der Waals surface area contributed by atoms with E-state index in [-0.39, 0.29) is 5.60 Å². The van der Waals surface area contributed by atoms with E-state index in [9.17, 15) is 0 Å². The molecule has 0 atom stereocenters. The number of halogens is 1. The van der Waals surface area contributed by atoms with E-state index >= 15 is 0 Å². The minimum absolute atomic E-state index is 0.0734. The normalized spacial score (nSPS) is 18.1. The summed E-state index contributed by atoms with van der Waals surface area (Å²) < 4.78 is 7.19. The van der Waals surface area contributed by atoms with Gasteiger partial charge in [-0.25, -0.2) is 0 Å². The molecule has 0 saturated heterocycles. The van der Waals surface area contributed by atoms with Gasteiger partial charge in [-0.1, -0.05) is 34.1 Å². The lowest BCUT2D eigenvalue weighted by atomic mass is 9.77. The lowest BCUT2D eigenvalue weighted by Crippen LogP contribution is -2.41. The number of rotatable bonds is 5. The van der Waals surface area contributed by atoms with Gasteiger partial charge in [0.05, 0.1) is 12.2 Å². The molecule has 1 fully saturated rings. The predicted octanol–water partition coefficient (Wildman–Crippen LogP) is 3.24. The second-order valence-corrected chi connectivity index (χ2v) is 5.31. The zero-order chi connectivity index (χ0) is 11.4. The minimum atomic E-state index is 0.0734. The van der Waals surface area contributed by atoms with Crippen LogP contribution in [0, 0.1) is 0 Å². The van der Waals surface area contributed by atoms with E-state index in [1.807, 2.05) is 12.1 Å². The highest BCUT2D eigenvalue weighted by Crippen LogP contribution is 2.39. The van der Waals surface area contributed by atoms with Crippen LogP contribution in [-0.2, 0) is 11.3 Å². The second-order valence-electron chi connectivity index (χ2n) is 4.46. The first-order valence-electron chi connectivity index (χ1n) is 5.83. The van der Waals surface area contributed by atoms with Crippen molar-refractivity contribution >= 4 is 15.9 Å². The lowest BCUT2D eigenvalue weighted by Gasteiger charge is -2.41. The van der Waals surface area contributed by atoms with E-state index in [1.165, 1.54) is 12.0 Å². The van der Waals surface area contributed by atoms with Gasteiger partial charge in [0.15, 0.2) is 0 Å². The lowest BCUT2D eigenvalue weighted by molar-refractivity contribution is -0.113. The Morgan fingerprint density at radius 1 is 1.31 bits per heavy atom. The zero-order valence-corrected chi connectivity index (χ0v) is 11.0. The van der Waals surface area contributed by atoms with E-state index in [0.717, 1.165) is 30.3 Å². The summed E-state index contributed by atoms with van der Waals surface area (Å²) in [7, 11) is 0. The SMILES string of the molecule is NCCC1(OCc2ccccc2Br)CCC1. The molecule has 0 aromatic heterocycles. The summed E-state index contributed by atoms with van der Waals surface area (Å²) in [6, 6.07) is 8.21. The first kappa shape index (κ1) is 12.1. The van der Waals surface area contributed by atoms with Crippen LogP contribution < -0.4 is 5.73 Å². The summed E-state index contributed by atoms with van der Waals surface area (Å²) in [5.41, 5.74) is 6.92. The van der Waals surface area contributed by atoms with Gasteiger partial charge < -0.3 is 10.5 Å². The van der Waals surface area contributed by atoms with Crippen LogP contribution in [0.25, 0.3) is 0 Å². The third kappa shape index (κ3) is 2.65. The molecule has 0 spiro atoms. The summed E-state index contributed by atoms with van der Waals surface area (Å²) in [4.78, 5) is 0. The van der Waals surface area contributed by atoms with Crippen LogP contribution in [0.15, 0.2) is 28.7 Å². The van der Waals surface area contributed by atoms with Crippen molar-refractivity contribution in [3.63, 3.8) is 0 Å². The number of ether oxygens (including phenoxy) is 1. The highest BCUT2D eigenvalue weighted by atomic mass is 79.9. The third-order valence-electron chi connectivity index (χ3n) is 3.36. The highest BCUT2D eigenvalue weighted by Gasteiger charge is 2.37. The van der Waals surface area contributed by atoms with Crippen molar-refractivity contribution in [3.05, 3.63) is 34.3 Å². The molecular formula is C13H18BrNO. The molecule has 0 amide bonds. The van der Waals surface area contributed by atoms with E-state index < -0.39 is 0 Å². The number of nitrogens with two attached hydrogens (primary N) is 1. The average Bonchev–Trinajstić information content (AvgIpc) is 2.24. The van der Waals surface area contributed by atoms with E-state index in [1.54, 1.807) is 0 Å². The molecule has 1 aromatic rings. The maximum Gasteiger partial charge on any atom is 0.0735 e. The van der Waals surface area contributed by atoms with Crippen molar-refractivity contribution in [2.75, 3.05) is 6.54 Å².